The molecular weight excluding hydrogens is 428 g/mol. The lowest BCUT2D eigenvalue weighted by molar-refractivity contribution is -0.140. The molecule has 0 amide bonds. The van der Waals surface area contributed by atoms with Crippen molar-refractivity contribution in [3.63, 3.8) is 0 Å². The maximum atomic E-state index is 12.2. The van der Waals surface area contributed by atoms with Crippen LogP contribution in [0.25, 0.3) is 0 Å². The van der Waals surface area contributed by atoms with E-state index < -0.39 is 16.0 Å². The third-order valence-corrected chi connectivity index (χ3v) is 6.19. The van der Waals surface area contributed by atoms with E-state index >= 15 is 0 Å². The van der Waals surface area contributed by atoms with Crippen LogP contribution in [0.4, 0.5) is 0 Å². The number of benzene rings is 1. The molecule has 0 aliphatic carbocycles. The molecule has 0 saturated heterocycles. The van der Waals surface area contributed by atoms with Crippen molar-refractivity contribution in [1.29, 1.82) is 0 Å². The molecule has 0 saturated carbocycles. The summed E-state index contributed by atoms with van der Waals surface area (Å²) in [5.74, 6) is -0.907. The number of carboxylic acids is 1. The number of ether oxygens (including phenoxy) is 1. The van der Waals surface area contributed by atoms with Gasteiger partial charge in [-0.05, 0) is 61.6 Å². The Hall–Kier alpha value is -2.00. The first-order valence-corrected chi connectivity index (χ1v) is 11.7. The Labute approximate surface area is 182 Å². The molecule has 164 valence electrons. The molecule has 0 aliphatic rings. The van der Waals surface area contributed by atoms with Crippen molar-refractivity contribution < 1.29 is 23.1 Å². The van der Waals surface area contributed by atoms with Crippen molar-refractivity contribution in [3.05, 3.63) is 59.4 Å². The highest BCUT2D eigenvalue weighted by molar-refractivity contribution is 7.89. The van der Waals surface area contributed by atoms with Crippen LogP contribution in [0.2, 0.25) is 5.02 Å². The fraction of sp³-hybridized carbons (Fsp3) is 0.429. The van der Waals surface area contributed by atoms with E-state index in [0.29, 0.717) is 17.9 Å². The van der Waals surface area contributed by atoms with Gasteiger partial charge in [-0.15, -0.1) is 0 Å². The van der Waals surface area contributed by atoms with Gasteiger partial charge in [0.15, 0.2) is 0 Å². The first-order valence-electron chi connectivity index (χ1n) is 9.84. The standard InChI is InChI=1S/C21H27ClN2O5S/c22-18-8-10-20(11-9-18)30(27,28)24-13-4-14-29-19(15-21(25)26)7-2-1-5-17-6-3-12-23-16-17/h3,6,8-12,16,19,24H,1-2,4-5,7,13-15H2,(H,25,26). The summed E-state index contributed by atoms with van der Waals surface area (Å²) in [7, 11) is -3.60. The molecule has 1 heterocycles. The molecule has 0 spiro atoms. The molecule has 0 radical (unpaired) electrons. The number of halogens is 1. The Bertz CT molecular complexity index is 876. The molecule has 2 N–H and O–H groups in total. The lowest BCUT2D eigenvalue weighted by Crippen LogP contribution is -2.26. The Kier molecular flexibility index (Phi) is 10.2. The monoisotopic (exact) mass is 454 g/mol. The molecule has 9 heteroatoms. The van der Waals surface area contributed by atoms with Gasteiger partial charge in [0.2, 0.25) is 10.0 Å². The third kappa shape index (κ3) is 9.21. The Morgan fingerprint density at radius 3 is 2.60 bits per heavy atom. The second-order valence-corrected chi connectivity index (χ2v) is 9.11. The van der Waals surface area contributed by atoms with E-state index in [1.165, 1.54) is 24.3 Å². The number of unbranched alkanes of at least 4 members (excludes halogenated alkanes) is 1. The molecular formula is C21H27ClN2O5S. The maximum absolute atomic E-state index is 12.2. The summed E-state index contributed by atoms with van der Waals surface area (Å²) < 4.78 is 32.6. The van der Waals surface area contributed by atoms with Crippen molar-refractivity contribution in [2.75, 3.05) is 13.2 Å². The number of aliphatic carboxylic acids is 1. The summed E-state index contributed by atoms with van der Waals surface area (Å²) in [6.07, 6.45) is 6.85. The minimum absolute atomic E-state index is 0.0661. The highest BCUT2D eigenvalue weighted by Gasteiger charge is 2.15. The molecule has 0 aliphatic heterocycles. The van der Waals surface area contributed by atoms with Gasteiger partial charge in [-0.25, -0.2) is 13.1 Å². The zero-order valence-corrected chi connectivity index (χ0v) is 18.2. The molecule has 2 rings (SSSR count). The van der Waals surface area contributed by atoms with Crippen LogP contribution in [-0.4, -0.2) is 43.7 Å². The van der Waals surface area contributed by atoms with Crippen LogP contribution >= 0.6 is 11.6 Å². The number of carboxylic acid groups (broad SMARTS) is 1. The molecule has 1 unspecified atom stereocenters. The minimum atomic E-state index is -3.60. The second kappa shape index (κ2) is 12.6. The average Bonchev–Trinajstić information content (AvgIpc) is 2.71. The van der Waals surface area contributed by atoms with Crippen LogP contribution in [0, 0.1) is 0 Å². The molecule has 1 aromatic carbocycles. The zero-order chi connectivity index (χ0) is 21.8. The van der Waals surface area contributed by atoms with Gasteiger partial charge in [0, 0.05) is 30.6 Å². The smallest absolute Gasteiger partial charge is 0.305 e. The molecule has 0 fully saturated rings. The number of nitrogens with zero attached hydrogens (tertiary/aromatic N) is 1. The van der Waals surface area contributed by atoms with Gasteiger partial charge in [0.1, 0.15) is 0 Å². The molecule has 7 nitrogen and oxygen atoms in total. The summed E-state index contributed by atoms with van der Waals surface area (Å²) in [5, 5.41) is 9.55. The average molecular weight is 455 g/mol. The molecule has 30 heavy (non-hydrogen) atoms. The van der Waals surface area contributed by atoms with Gasteiger partial charge in [-0.1, -0.05) is 24.1 Å². The van der Waals surface area contributed by atoms with Crippen molar-refractivity contribution in [1.82, 2.24) is 9.71 Å². The van der Waals surface area contributed by atoms with Gasteiger partial charge in [-0.3, -0.25) is 9.78 Å². The number of hydrogen-bond donors (Lipinski definition) is 2. The number of nitrogens with one attached hydrogen (secondary N) is 1. The molecule has 0 bridgehead atoms. The highest BCUT2D eigenvalue weighted by Crippen LogP contribution is 2.14. The van der Waals surface area contributed by atoms with Crippen LogP contribution in [0.3, 0.4) is 0 Å². The normalized spacial score (nSPS) is 12.6. The van der Waals surface area contributed by atoms with Crippen LogP contribution in [-0.2, 0) is 26.0 Å². The molecule has 1 atom stereocenters. The maximum Gasteiger partial charge on any atom is 0.305 e. The van der Waals surface area contributed by atoms with Crippen LogP contribution in [0.15, 0.2) is 53.7 Å². The van der Waals surface area contributed by atoms with E-state index in [1.54, 1.807) is 6.20 Å². The lowest BCUT2D eigenvalue weighted by Gasteiger charge is -2.16. The highest BCUT2D eigenvalue weighted by atomic mass is 35.5. The van der Waals surface area contributed by atoms with Gasteiger partial charge >= 0.3 is 5.97 Å². The van der Waals surface area contributed by atoms with E-state index in [0.717, 1.165) is 24.8 Å². The third-order valence-electron chi connectivity index (χ3n) is 4.46. The van der Waals surface area contributed by atoms with E-state index in [2.05, 4.69) is 9.71 Å². The minimum Gasteiger partial charge on any atom is -0.481 e. The van der Waals surface area contributed by atoms with E-state index in [4.69, 9.17) is 21.4 Å². The number of sulfonamides is 1. The van der Waals surface area contributed by atoms with Crippen molar-refractivity contribution in [2.45, 2.75) is 49.5 Å². The number of aromatic nitrogens is 1. The quantitative estimate of drug-likeness (QED) is 0.422. The van der Waals surface area contributed by atoms with Crippen molar-refractivity contribution in [2.24, 2.45) is 0 Å². The van der Waals surface area contributed by atoms with E-state index in [-0.39, 0.29) is 30.6 Å². The second-order valence-electron chi connectivity index (χ2n) is 6.90. The van der Waals surface area contributed by atoms with Gasteiger partial charge < -0.3 is 9.84 Å². The molecule has 2 aromatic rings. The van der Waals surface area contributed by atoms with E-state index in [9.17, 15) is 13.2 Å². The zero-order valence-electron chi connectivity index (χ0n) is 16.7. The van der Waals surface area contributed by atoms with Crippen molar-refractivity contribution in [3.8, 4) is 0 Å². The van der Waals surface area contributed by atoms with Crippen LogP contribution in [0.1, 0.15) is 37.7 Å². The van der Waals surface area contributed by atoms with Gasteiger partial charge in [0.05, 0.1) is 17.4 Å². The summed E-state index contributed by atoms with van der Waals surface area (Å²) >= 11 is 5.77. The summed E-state index contributed by atoms with van der Waals surface area (Å²) in [5.41, 5.74) is 1.15. The SMILES string of the molecule is O=C(O)CC(CCCCc1cccnc1)OCCCNS(=O)(=O)c1ccc(Cl)cc1. The predicted octanol–water partition coefficient (Wildman–Crippen LogP) is 3.68. The lowest BCUT2D eigenvalue weighted by atomic mass is 10.0. The van der Waals surface area contributed by atoms with Gasteiger partial charge in [-0.2, -0.15) is 0 Å². The first kappa shape index (κ1) is 24.3. The fourth-order valence-electron chi connectivity index (χ4n) is 2.91. The first-order chi connectivity index (χ1) is 14.4. The van der Waals surface area contributed by atoms with Gasteiger partial charge in [0.25, 0.3) is 0 Å². The molecule has 1 aromatic heterocycles. The number of pyridine rings is 1. The number of aryl methyl sites for hydroxylation is 1. The Balaban J connectivity index is 1.68. The van der Waals surface area contributed by atoms with Crippen LogP contribution < -0.4 is 4.72 Å². The number of carbonyl (C=O) groups is 1. The summed E-state index contributed by atoms with van der Waals surface area (Å²) in [6, 6.07) is 9.83. The Morgan fingerprint density at radius 2 is 1.93 bits per heavy atom. The summed E-state index contributed by atoms with van der Waals surface area (Å²) in [4.78, 5) is 15.3. The topological polar surface area (TPSA) is 106 Å². The largest absolute Gasteiger partial charge is 0.481 e. The van der Waals surface area contributed by atoms with Crippen LogP contribution in [0.5, 0.6) is 0 Å². The van der Waals surface area contributed by atoms with Crippen molar-refractivity contribution >= 4 is 27.6 Å². The predicted molar refractivity (Wildman–Crippen MR) is 115 cm³/mol. The van der Waals surface area contributed by atoms with E-state index in [1.807, 2.05) is 18.3 Å². The summed E-state index contributed by atoms with van der Waals surface area (Å²) in [6.45, 7) is 0.482. The number of hydrogen-bond acceptors (Lipinski definition) is 5. The Morgan fingerprint density at radius 1 is 1.17 bits per heavy atom. The fourth-order valence-corrected chi connectivity index (χ4v) is 4.11. The number of rotatable bonds is 14.